The van der Waals surface area contributed by atoms with Crippen LogP contribution in [0.25, 0.3) is 11.3 Å². The van der Waals surface area contributed by atoms with Crippen molar-refractivity contribution in [2.75, 3.05) is 0 Å². The summed E-state index contributed by atoms with van der Waals surface area (Å²) in [5.74, 6) is 0. The van der Waals surface area contributed by atoms with Crippen molar-refractivity contribution >= 4 is 45.5 Å². The molecule has 0 amide bonds. The molecule has 2 rings (SSSR count). The number of nitrogens with zero attached hydrogens (tertiary/aromatic N) is 2. The first-order chi connectivity index (χ1) is 9.13. The van der Waals surface area contributed by atoms with Crippen molar-refractivity contribution in [1.29, 1.82) is 5.26 Å². The first-order valence-corrected chi connectivity index (χ1v) is 6.85. The van der Waals surface area contributed by atoms with Gasteiger partial charge in [0.25, 0.3) is 0 Å². The number of hydrogen-bond donors (Lipinski definition) is 1. The molecule has 5 heteroatoms. The average Bonchev–Trinajstić information content (AvgIpc) is 2.44. The number of hydrogen-bond acceptors (Lipinski definition) is 3. The van der Waals surface area contributed by atoms with Gasteiger partial charge in [0.1, 0.15) is 6.07 Å². The fourth-order valence-corrected chi connectivity index (χ4v) is 2.12. The Balaban J connectivity index is 2.56. The van der Waals surface area contributed by atoms with Crippen molar-refractivity contribution in [1.82, 2.24) is 4.98 Å². The van der Waals surface area contributed by atoms with Crippen molar-refractivity contribution in [3.63, 3.8) is 0 Å². The Kier molecular flexibility index (Phi) is 4.40. The van der Waals surface area contributed by atoms with Crippen molar-refractivity contribution < 1.29 is 0 Å². The molecule has 0 saturated heterocycles. The maximum atomic E-state index is 9.29. The summed E-state index contributed by atoms with van der Waals surface area (Å²) in [6, 6.07) is 11.1. The van der Waals surface area contributed by atoms with Crippen LogP contribution in [-0.4, -0.2) is 4.98 Å². The van der Waals surface area contributed by atoms with Gasteiger partial charge in [-0.05, 0) is 52.4 Å². The highest BCUT2D eigenvalue weighted by atomic mass is 127. The van der Waals surface area contributed by atoms with Crippen molar-refractivity contribution in [3.8, 4) is 6.07 Å². The van der Waals surface area contributed by atoms with Crippen LogP contribution in [0.2, 0.25) is 5.02 Å². The van der Waals surface area contributed by atoms with E-state index in [1.165, 1.54) is 0 Å². The van der Waals surface area contributed by atoms with E-state index in [-0.39, 0.29) is 0 Å². The fraction of sp³-hybridized carbons (Fsp3) is 0. The topological polar surface area (TPSA) is 62.7 Å². The van der Waals surface area contributed by atoms with Gasteiger partial charge < -0.3 is 5.73 Å². The highest BCUT2D eigenvalue weighted by Gasteiger charge is 2.09. The number of nitriles is 1. The molecule has 2 aromatic rings. The van der Waals surface area contributed by atoms with E-state index in [4.69, 9.17) is 17.3 Å². The molecule has 1 aromatic carbocycles. The molecule has 2 N–H and O–H groups in total. The van der Waals surface area contributed by atoms with Gasteiger partial charge in [-0.2, -0.15) is 5.26 Å². The molecule has 0 radical (unpaired) electrons. The van der Waals surface area contributed by atoms with Crippen molar-refractivity contribution in [2.24, 2.45) is 5.73 Å². The molecule has 0 unspecified atom stereocenters. The molecule has 1 heterocycles. The molecule has 0 aliphatic rings. The van der Waals surface area contributed by atoms with Crippen molar-refractivity contribution in [3.05, 3.63) is 62.4 Å². The molecule has 0 aliphatic carbocycles. The number of benzene rings is 1. The van der Waals surface area contributed by atoms with Crippen LogP contribution in [0.15, 0.2) is 42.7 Å². The molecule has 0 spiro atoms. The molecular formula is C14H9ClIN3. The summed E-state index contributed by atoms with van der Waals surface area (Å²) < 4.78 is 0.943. The van der Waals surface area contributed by atoms with Gasteiger partial charge in [0.2, 0.25) is 0 Å². The Morgan fingerprint density at radius 3 is 2.47 bits per heavy atom. The smallest absolute Gasteiger partial charge is 0.102 e. The van der Waals surface area contributed by atoms with Crippen LogP contribution in [0.4, 0.5) is 0 Å². The van der Waals surface area contributed by atoms with Crippen LogP contribution in [0.5, 0.6) is 0 Å². The fourth-order valence-electron chi connectivity index (χ4n) is 1.61. The molecular weight excluding hydrogens is 373 g/mol. The highest BCUT2D eigenvalue weighted by Crippen LogP contribution is 2.26. The molecule has 0 aliphatic heterocycles. The predicted octanol–water partition coefficient (Wildman–Crippen LogP) is 3.69. The van der Waals surface area contributed by atoms with Crippen molar-refractivity contribution in [2.45, 2.75) is 0 Å². The largest absolute Gasteiger partial charge is 0.397 e. The third kappa shape index (κ3) is 3.06. The van der Waals surface area contributed by atoms with Gasteiger partial charge >= 0.3 is 0 Å². The van der Waals surface area contributed by atoms with E-state index in [0.29, 0.717) is 16.3 Å². The minimum atomic E-state index is 0.409. The van der Waals surface area contributed by atoms with Crippen LogP contribution in [0, 0.1) is 14.9 Å². The van der Waals surface area contributed by atoms with Gasteiger partial charge in [-0.15, -0.1) is 0 Å². The monoisotopic (exact) mass is 381 g/mol. The van der Waals surface area contributed by atoms with Gasteiger partial charge in [-0.25, -0.2) is 0 Å². The number of rotatable bonds is 2. The minimum absolute atomic E-state index is 0.409. The SMILES string of the molecule is N#C/C(=C(/N)c1ccc(I)c(Cl)c1)c1ccncc1. The van der Waals surface area contributed by atoms with Crippen LogP contribution in [0.3, 0.4) is 0 Å². The summed E-state index contributed by atoms with van der Waals surface area (Å²) in [5.41, 5.74) is 8.38. The summed E-state index contributed by atoms with van der Waals surface area (Å²) in [5, 5.41) is 9.91. The number of halogens is 2. The Hall–Kier alpha value is -1.58. The highest BCUT2D eigenvalue weighted by molar-refractivity contribution is 14.1. The zero-order valence-electron chi connectivity index (χ0n) is 9.77. The molecule has 19 heavy (non-hydrogen) atoms. The first kappa shape index (κ1) is 13.8. The number of pyridine rings is 1. The van der Waals surface area contributed by atoms with E-state index in [9.17, 15) is 5.26 Å². The van der Waals surface area contributed by atoms with Crippen LogP contribution >= 0.6 is 34.2 Å². The average molecular weight is 382 g/mol. The lowest BCUT2D eigenvalue weighted by molar-refractivity contribution is 1.32. The van der Waals surface area contributed by atoms with E-state index in [2.05, 4.69) is 33.6 Å². The Morgan fingerprint density at radius 1 is 1.21 bits per heavy atom. The van der Waals surface area contributed by atoms with Crippen LogP contribution in [0.1, 0.15) is 11.1 Å². The van der Waals surface area contributed by atoms with E-state index in [1.54, 1.807) is 30.6 Å². The Bertz CT molecular complexity index is 675. The predicted molar refractivity (Wildman–Crippen MR) is 85.0 cm³/mol. The Labute approximate surface area is 129 Å². The molecule has 3 nitrogen and oxygen atoms in total. The summed E-state index contributed by atoms with van der Waals surface area (Å²) in [6.45, 7) is 0. The molecule has 0 atom stereocenters. The van der Waals surface area contributed by atoms with Crippen LogP contribution < -0.4 is 5.73 Å². The van der Waals surface area contributed by atoms with Gasteiger partial charge in [-0.3, -0.25) is 4.98 Å². The normalized spacial score (nSPS) is 11.6. The van der Waals surface area contributed by atoms with Gasteiger partial charge in [0.05, 0.1) is 16.3 Å². The number of allylic oxidation sites excluding steroid dienone is 1. The lowest BCUT2D eigenvalue weighted by atomic mass is 10.0. The van der Waals surface area contributed by atoms with E-state index in [0.717, 1.165) is 14.7 Å². The maximum absolute atomic E-state index is 9.29. The third-order valence-corrected chi connectivity index (χ3v) is 4.15. The molecule has 1 aromatic heterocycles. The lowest BCUT2D eigenvalue weighted by Gasteiger charge is -2.07. The van der Waals surface area contributed by atoms with E-state index in [1.807, 2.05) is 12.1 Å². The molecule has 0 saturated carbocycles. The summed E-state index contributed by atoms with van der Waals surface area (Å²) in [6.07, 6.45) is 3.25. The maximum Gasteiger partial charge on any atom is 0.102 e. The Morgan fingerprint density at radius 2 is 1.89 bits per heavy atom. The van der Waals surface area contributed by atoms with Gasteiger partial charge in [0.15, 0.2) is 0 Å². The summed E-state index contributed by atoms with van der Waals surface area (Å²) in [7, 11) is 0. The quantitative estimate of drug-likeness (QED) is 0.637. The number of nitrogens with two attached hydrogens (primary N) is 1. The van der Waals surface area contributed by atoms with Gasteiger partial charge in [0, 0.05) is 21.5 Å². The second-order valence-corrected chi connectivity index (χ2v) is 5.33. The standard InChI is InChI=1S/C14H9ClIN3/c15-12-7-10(1-2-13(12)16)14(18)11(8-17)9-3-5-19-6-4-9/h1-7H,18H2/b14-11-. The van der Waals surface area contributed by atoms with Gasteiger partial charge in [-0.1, -0.05) is 17.7 Å². The summed E-state index contributed by atoms with van der Waals surface area (Å²) >= 11 is 8.21. The van der Waals surface area contributed by atoms with E-state index < -0.39 is 0 Å². The third-order valence-electron chi connectivity index (χ3n) is 2.58. The molecule has 0 fully saturated rings. The minimum Gasteiger partial charge on any atom is -0.397 e. The number of aromatic nitrogens is 1. The summed E-state index contributed by atoms with van der Waals surface area (Å²) in [4.78, 5) is 3.92. The molecule has 0 bridgehead atoms. The zero-order valence-corrected chi connectivity index (χ0v) is 12.7. The lowest BCUT2D eigenvalue weighted by Crippen LogP contribution is -2.01. The second kappa shape index (κ2) is 6.04. The van der Waals surface area contributed by atoms with Crippen LogP contribution in [-0.2, 0) is 0 Å². The first-order valence-electron chi connectivity index (χ1n) is 5.39. The zero-order chi connectivity index (χ0) is 13.8. The molecule has 94 valence electrons. The second-order valence-electron chi connectivity index (χ2n) is 3.77. The van der Waals surface area contributed by atoms with E-state index >= 15 is 0 Å².